The van der Waals surface area contributed by atoms with E-state index in [1.165, 1.54) is 11.8 Å². The lowest BCUT2D eigenvalue weighted by Crippen LogP contribution is -2.43. The first-order valence-corrected chi connectivity index (χ1v) is 9.68. The Morgan fingerprint density at radius 1 is 1.30 bits per heavy atom. The molecule has 1 aromatic rings. The highest BCUT2D eigenvalue weighted by Crippen LogP contribution is 2.11. The van der Waals surface area contributed by atoms with Crippen molar-refractivity contribution in [3.63, 3.8) is 0 Å². The number of benzene rings is 1. The fourth-order valence-corrected chi connectivity index (χ4v) is 2.79. The van der Waals surface area contributed by atoms with E-state index in [0.29, 0.717) is 12.4 Å². The standard InChI is InChI=1S/C16H27N3O3S/c1-13(10-12-23(4,20)21)19-16(17-2)18-11-9-14-5-7-15(22-3)8-6-14/h5-8,13H,9-12H2,1-4H3,(H2,17,18,19). The Hall–Kier alpha value is -1.76. The summed E-state index contributed by atoms with van der Waals surface area (Å²) in [4.78, 5) is 4.16. The van der Waals surface area contributed by atoms with Crippen molar-refractivity contribution in [1.82, 2.24) is 10.6 Å². The van der Waals surface area contributed by atoms with Crippen LogP contribution in [-0.2, 0) is 16.3 Å². The van der Waals surface area contributed by atoms with Crippen LogP contribution in [0.15, 0.2) is 29.3 Å². The molecule has 0 fully saturated rings. The Balaban J connectivity index is 2.35. The SMILES string of the molecule is CN=C(NCCc1ccc(OC)cc1)NC(C)CCS(C)(=O)=O. The van der Waals surface area contributed by atoms with Gasteiger partial charge in [0, 0.05) is 25.9 Å². The van der Waals surface area contributed by atoms with Gasteiger partial charge in [0.2, 0.25) is 0 Å². The van der Waals surface area contributed by atoms with E-state index in [2.05, 4.69) is 15.6 Å². The zero-order chi connectivity index (χ0) is 17.3. The van der Waals surface area contributed by atoms with Gasteiger partial charge in [0.05, 0.1) is 12.9 Å². The maximum atomic E-state index is 11.2. The number of rotatable bonds is 8. The molecule has 2 N–H and O–H groups in total. The maximum absolute atomic E-state index is 11.2. The molecule has 1 unspecified atom stereocenters. The molecule has 1 rings (SSSR count). The van der Waals surface area contributed by atoms with E-state index in [1.807, 2.05) is 31.2 Å². The van der Waals surface area contributed by atoms with Crippen molar-refractivity contribution in [2.45, 2.75) is 25.8 Å². The molecule has 0 saturated heterocycles. The number of guanidine groups is 1. The Kier molecular flexibility index (Phi) is 7.88. The topological polar surface area (TPSA) is 79.8 Å². The molecule has 0 aliphatic heterocycles. The van der Waals surface area contributed by atoms with Crippen molar-refractivity contribution in [2.24, 2.45) is 4.99 Å². The molecule has 0 spiro atoms. The van der Waals surface area contributed by atoms with Gasteiger partial charge in [-0.2, -0.15) is 0 Å². The van der Waals surface area contributed by atoms with Crippen LogP contribution >= 0.6 is 0 Å². The van der Waals surface area contributed by atoms with Crippen molar-refractivity contribution in [3.05, 3.63) is 29.8 Å². The van der Waals surface area contributed by atoms with Crippen molar-refractivity contribution in [1.29, 1.82) is 0 Å². The van der Waals surface area contributed by atoms with Crippen molar-refractivity contribution < 1.29 is 13.2 Å². The molecular formula is C16H27N3O3S. The summed E-state index contributed by atoms with van der Waals surface area (Å²) in [7, 11) is 0.419. The van der Waals surface area contributed by atoms with Crippen LogP contribution in [0.4, 0.5) is 0 Å². The van der Waals surface area contributed by atoms with Gasteiger partial charge in [-0.3, -0.25) is 4.99 Å². The third-order valence-electron chi connectivity index (χ3n) is 3.39. The zero-order valence-corrected chi connectivity index (χ0v) is 15.1. The lowest BCUT2D eigenvalue weighted by atomic mass is 10.1. The number of nitrogens with zero attached hydrogens (tertiary/aromatic N) is 1. The minimum Gasteiger partial charge on any atom is -0.497 e. The van der Waals surface area contributed by atoms with Crippen LogP contribution in [0.2, 0.25) is 0 Å². The van der Waals surface area contributed by atoms with Gasteiger partial charge in [0.25, 0.3) is 0 Å². The van der Waals surface area contributed by atoms with E-state index in [9.17, 15) is 8.42 Å². The minimum atomic E-state index is -2.93. The fourth-order valence-electron chi connectivity index (χ4n) is 2.01. The molecule has 0 amide bonds. The second-order valence-electron chi connectivity index (χ2n) is 5.56. The van der Waals surface area contributed by atoms with Crippen LogP contribution in [0.25, 0.3) is 0 Å². The van der Waals surface area contributed by atoms with Gasteiger partial charge in [0.15, 0.2) is 5.96 Å². The lowest BCUT2D eigenvalue weighted by Gasteiger charge is -2.17. The zero-order valence-electron chi connectivity index (χ0n) is 14.3. The smallest absolute Gasteiger partial charge is 0.191 e. The van der Waals surface area contributed by atoms with E-state index in [1.54, 1.807) is 14.2 Å². The molecule has 6 nitrogen and oxygen atoms in total. The molecular weight excluding hydrogens is 314 g/mol. The normalized spacial score (nSPS) is 13.5. The van der Waals surface area contributed by atoms with E-state index in [0.717, 1.165) is 18.7 Å². The average Bonchev–Trinajstić information content (AvgIpc) is 2.52. The van der Waals surface area contributed by atoms with Gasteiger partial charge in [0.1, 0.15) is 15.6 Å². The summed E-state index contributed by atoms with van der Waals surface area (Å²) < 4.78 is 27.5. The third-order valence-corrected chi connectivity index (χ3v) is 4.37. The van der Waals surface area contributed by atoms with Gasteiger partial charge < -0.3 is 15.4 Å². The number of hydrogen-bond acceptors (Lipinski definition) is 4. The van der Waals surface area contributed by atoms with E-state index in [4.69, 9.17) is 4.74 Å². The van der Waals surface area contributed by atoms with Gasteiger partial charge in [-0.1, -0.05) is 12.1 Å². The number of ether oxygens (including phenoxy) is 1. The molecule has 0 saturated carbocycles. The van der Waals surface area contributed by atoms with Crippen LogP contribution in [0, 0.1) is 0 Å². The number of aliphatic imine (C=N–C) groups is 1. The molecule has 0 bridgehead atoms. The highest BCUT2D eigenvalue weighted by molar-refractivity contribution is 7.90. The largest absolute Gasteiger partial charge is 0.497 e. The Morgan fingerprint density at radius 3 is 2.48 bits per heavy atom. The molecule has 0 aliphatic carbocycles. The van der Waals surface area contributed by atoms with Gasteiger partial charge >= 0.3 is 0 Å². The Labute approximate surface area is 139 Å². The number of sulfone groups is 1. The molecule has 0 aromatic heterocycles. The summed E-state index contributed by atoms with van der Waals surface area (Å²) in [6.07, 6.45) is 2.67. The molecule has 0 heterocycles. The van der Waals surface area contributed by atoms with Crippen molar-refractivity contribution in [2.75, 3.05) is 32.7 Å². The van der Waals surface area contributed by atoms with Crippen LogP contribution in [0.5, 0.6) is 5.75 Å². The average molecular weight is 341 g/mol. The second-order valence-corrected chi connectivity index (χ2v) is 7.82. The molecule has 1 atom stereocenters. The summed E-state index contributed by atoms with van der Waals surface area (Å²) in [6, 6.07) is 7.99. The lowest BCUT2D eigenvalue weighted by molar-refractivity contribution is 0.414. The molecule has 23 heavy (non-hydrogen) atoms. The molecule has 1 aromatic carbocycles. The van der Waals surface area contributed by atoms with Crippen LogP contribution < -0.4 is 15.4 Å². The van der Waals surface area contributed by atoms with E-state index >= 15 is 0 Å². The third kappa shape index (κ3) is 8.44. The number of nitrogens with one attached hydrogen (secondary N) is 2. The van der Waals surface area contributed by atoms with E-state index in [-0.39, 0.29) is 11.8 Å². The van der Waals surface area contributed by atoms with Crippen molar-refractivity contribution in [3.8, 4) is 5.75 Å². The summed E-state index contributed by atoms with van der Waals surface area (Å²) in [6.45, 7) is 2.69. The molecule has 7 heteroatoms. The Morgan fingerprint density at radius 2 is 1.96 bits per heavy atom. The molecule has 130 valence electrons. The minimum absolute atomic E-state index is 0.0388. The molecule has 0 radical (unpaired) electrons. The van der Waals surface area contributed by atoms with Crippen molar-refractivity contribution >= 4 is 15.8 Å². The predicted molar refractivity (Wildman–Crippen MR) is 95.0 cm³/mol. The highest BCUT2D eigenvalue weighted by atomic mass is 32.2. The van der Waals surface area contributed by atoms with E-state index < -0.39 is 9.84 Å². The Bertz CT molecular complexity index is 598. The first kappa shape index (κ1) is 19.3. The quantitative estimate of drug-likeness (QED) is 0.549. The van der Waals surface area contributed by atoms with Crippen LogP contribution in [0.3, 0.4) is 0 Å². The monoisotopic (exact) mass is 341 g/mol. The number of methoxy groups -OCH3 is 1. The first-order chi connectivity index (χ1) is 10.8. The number of hydrogen-bond donors (Lipinski definition) is 2. The van der Waals surface area contributed by atoms with Gasteiger partial charge in [-0.15, -0.1) is 0 Å². The maximum Gasteiger partial charge on any atom is 0.191 e. The summed E-state index contributed by atoms with van der Waals surface area (Å²) >= 11 is 0. The summed E-state index contributed by atoms with van der Waals surface area (Å²) in [5, 5.41) is 6.43. The summed E-state index contributed by atoms with van der Waals surface area (Å²) in [5.74, 6) is 1.70. The highest BCUT2D eigenvalue weighted by Gasteiger charge is 2.09. The fraction of sp³-hybridized carbons (Fsp3) is 0.562. The molecule has 0 aliphatic rings. The van der Waals surface area contributed by atoms with Gasteiger partial charge in [-0.25, -0.2) is 8.42 Å². The summed E-state index contributed by atoms with van der Waals surface area (Å²) in [5.41, 5.74) is 1.21. The van der Waals surface area contributed by atoms with Crippen LogP contribution in [0.1, 0.15) is 18.9 Å². The first-order valence-electron chi connectivity index (χ1n) is 7.62. The second kappa shape index (κ2) is 9.39. The predicted octanol–water partition coefficient (Wildman–Crippen LogP) is 1.23. The van der Waals surface area contributed by atoms with Crippen LogP contribution in [-0.4, -0.2) is 53.1 Å². The van der Waals surface area contributed by atoms with Gasteiger partial charge in [-0.05, 0) is 37.5 Å².